The van der Waals surface area contributed by atoms with E-state index in [1.165, 1.54) is 0 Å². The van der Waals surface area contributed by atoms with Gasteiger partial charge in [0, 0.05) is 0 Å². The zero-order chi connectivity index (χ0) is 9.42. The van der Waals surface area contributed by atoms with Crippen LogP contribution in [-0.2, 0) is 4.79 Å². The highest BCUT2D eigenvalue weighted by molar-refractivity contribution is 5.76. The minimum Gasteiger partial charge on any atom is -0.426 e. The monoisotopic (exact) mass is 176 g/mol. The second-order valence-corrected chi connectivity index (χ2v) is 3.62. The number of fused-ring (bicyclic) bond motifs is 1. The molecule has 0 amide bonds. The lowest BCUT2D eigenvalue weighted by atomic mass is 9.94. The number of esters is 1. The summed E-state index contributed by atoms with van der Waals surface area (Å²) in [5.41, 5.74) is 2.27. The molecule has 0 saturated carbocycles. The van der Waals surface area contributed by atoms with E-state index < -0.39 is 0 Å². The Labute approximate surface area is 77.5 Å². The van der Waals surface area contributed by atoms with Crippen molar-refractivity contribution in [2.75, 3.05) is 0 Å². The number of benzene rings is 1. The number of aryl methyl sites for hydroxylation is 1. The van der Waals surface area contributed by atoms with Crippen LogP contribution in [0.3, 0.4) is 0 Å². The summed E-state index contributed by atoms with van der Waals surface area (Å²) in [6.07, 6.45) is 0.496. The molecule has 2 rings (SSSR count). The molecule has 0 saturated heterocycles. The van der Waals surface area contributed by atoms with Gasteiger partial charge in [-0.25, -0.2) is 0 Å². The van der Waals surface area contributed by atoms with Crippen molar-refractivity contribution in [2.45, 2.75) is 26.2 Å². The first-order chi connectivity index (χ1) is 6.16. The van der Waals surface area contributed by atoms with Crippen LogP contribution in [0.4, 0.5) is 0 Å². The summed E-state index contributed by atoms with van der Waals surface area (Å²) in [7, 11) is 0. The average Bonchev–Trinajstić information content (AvgIpc) is 2.02. The molecule has 0 N–H and O–H groups in total. The molecule has 0 fully saturated rings. The number of carbonyl (C=O) groups excluding carboxylic acids is 1. The van der Waals surface area contributed by atoms with E-state index in [0.29, 0.717) is 6.42 Å². The molecule has 13 heavy (non-hydrogen) atoms. The third kappa shape index (κ3) is 1.44. The maximum atomic E-state index is 11.1. The second-order valence-electron chi connectivity index (χ2n) is 3.62. The summed E-state index contributed by atoms with van der Waals surface area (Å²) in [4.78, 5) is 11.1. The standard InChI is InChI=1S/C11H12O2/c1-7-3-4-9-8(2)6-11(12)13-10(9)5-7/h3-5,8H,6H2,1-2H3/t8-/m1/s1. The molecule has 1 heterocycles. The zero-order valence-electron chi connectivity index (χ0n) is 7.83. The van der Waals surface area contributed by atoms with Crippen LogP contribution in [-0.4, -0.2) is 5.97 Å². The number of carbonyl (C=O) groups is 1. The van der Waals surface area contributed by atoms with Crippen molar-refractivity contribution in [1.82, 2.24) is 0 Å². The van der Waals surface area contributed by atoms with Crippen molar-refractivity contribution in [2.24, 2.45) is 0 Å². The molecular formula is C11H12O2. The highest BCUT2D eigenvalue weighted by Gasteiger charge is 2.23. The Morgan fingerprint density at radius 3 is 3.00 bits per heavy atom. The topological polar surface area (TPSA) is 26.3 Å². The van der Waals surface area contributed by atoms with Gasteiger partial charge in [0.1, 0.15) is 5.75 Å². The number of hydrogen-bond donors (Lipinski definition) is 0. The van der Waals surface area contributed by atoms with Crippen LogP contribution < -0.4 is 4.74 Å². The van der Waals surface area contributed by atoms with E-state index >= 15 is 0 Å². The molecule has 1 aliphatic heterocycles. The quantitative estimate of drug-likeness (QED) is 0.448. The number of hydrogen-bond acceptors (Lipinski definition) is 2. The van der Waals surface area contributed by atoms with Crippen LogP contribution >= 0.6 is 0 Å². The molecule has 0 aliphatic carbocycles. The molecule has 0 unspecified atom stereocenters. The average molecular weight is 176 g/mol. The van der Waals surface area contributed by atoms with E-state index in [4.69, 9.17) is 4.74 Å². The maximum absolute atomic E-state index is 11.1. The molecular weight excluding hydrogens is 164 g/mol. The van der Waals surface area contributed by atoms with E-state index in [2.05, 4.69) is 13.0 Å². The number of ether oxygens (including phenoxy) is 1. The Morgan fingerprint density at radius 2 is 2.23 bits per heavy atom. The van der Waals surface area contributed by atoms with Gasteiger partial charge in [0.05, 0.1) is 6.42 Å². The third-order valence-corrected chi connectivity index (χ3v) is 2.40. The highest BCUT2D eigenvalue weighted by atomic mass is 16.5. The summed E-state index contributed by atoms with van der Waals surface area (Å²) in [5.74, 6) is 0.909. The lowest BCUT2D eigenvalue weighted by Gasteiger charge is -2.21. The highest BCUT2D eigenvalue weighted by Crippen LogP contribution is 2.34. The molecule has 1 aliphatic rings. The zero-order valence-corrected chi connectivity index (χ0v) is 7.83. The Kier molecular flexibility index (Phi) is 1.83. The SMILES string of the molecule is Cc1ccc2c(c1)OC(=O)C[C@H]2C. The first-order valence-corrected chi connectivity index (χ1v) is 4.48. The van der Waals surface area contributed by atoms with Crippen molar-refractivity contribution in [1.29, 1.82) is 0 Å². The Morgan fingerprint density at radius 1 is 1.46 bits per heavy atom. The minimum atomic E-state index is -0.120. The van der Waals surface area contributed by atoms with Crippen LogP contribution in [0.1, 0.15) is 30.4 Å². The fourth-order valence-corrected chi connectivity index (χ4v) is 1.66. The lowest BCUT2D eigenvalue weighted by Crippen LogP contribution is -2.18. The van der Waals surface area contributed by atoms with E-state index in [-0.39, 0.29) is 11.9 Å². The fraction of sp³-hybridized carbons (Fsp3) is 0.364. The van der Waals surface area contributed by atoms with Gasteiger partial charge in [-0.1, -0.05) is 19.1 Å². The molecule has 0 spiro atoms. The summed E-state index contributed by atoms with van der Waals surface area (Å²) in [5, 5.41) is 0. The van der Waals surface area contributed by atoms with Gasteiger partial charge in [-0.3, -0.25) is 4.79 Å². The molecule has 2 heteroatoms. The van der Waals surface area contributed by atoms with Crippen LogP contribution in [0.25, 0.3) is 0 Å². The summed E-state index contributed by atoms with van der Waals surface area (Å²) in [6, 6.07) is 6.01. The Balaban J connectivity index is 2.49. The van der Waals surface area contributed by atoms with Crippen molar-refractivity contribution in [3.05, 3.63) is 29.3 Å². The first-order valence-electron chi connectivity index (χ1n) is 4.48. The molecule has 2 nitrogen and oxygen atoms in total. The van der Waals surface area contributed by atoms with E-state index in [1.54, 1.807) is 0 Å². The van der Waals surface area contributed by atoms with Crippen molar-refractivity contribution in [3.63, 3.8) is 0 Å². The van der Waals surface area contributed by atoms with Crippen LogP contribution in [0, 0.1) is 6.92 Å². The van der Waals surface area contributed by atoms with Gasteiger partial charge in [-0.2, -0.15) is 0 Å². The fourth-order valence-electron chi connectivity index (χ4n) is 1.66. The summed E-state index contributed by atoms with van der Waals surface area (Å²) in [6.45, 7) is 4.04. The van der Waals surface area contributed by atoms with Gasteiger partial charge < -0.3 is 4.74 Å². The van der Waals surface area contributed by atoms with Crippen molar-refractivity contribution < 1.29 is 9.53 Å². The molecule has 1 aromatic carbocycles. The Hall–Kier alpha value is -1.31. The normalized spacial score (nSPS) is 20.8. The number of rotatable bonds is 0. The van der Waals surface area contributed by atoms with E-state index in [0.717, 1.165) is 16.9 Å². The van der Waals surface area contributed by atoms with Gasteiger partial charge in [0.15, 0.2) is 0 Å². The largest absolute Gasteiger partial charge is 0.426 e. The van der Waals surface area contributed by atoms with Gasteiger partial charge >= 0.3 is 5.97 Å². The molecule has 68 valence electrons. The lowest BCUT2D eigenvalue weighted by molar-refractivity contribution is -0.135. The smallest absolute Gasteiger partial charge is 0.311 e. The second kappa shape index (κ2) is 2.87. The van der Waals surface area contributed by atoms with Crippen molar-refractivity contribution >= 4 is 5.97 Å². The van der Waals surface area contributed by atoms with E-state index in [1.807, 2.05) is 19.1 Å². The van der Waals surface area contributed by atoms with Gasteiger partial charge in [-0.05, 0) is 30.0 Å². The summed E-state index contributed by atoms with van der Waals surface area (Å²) < 4.78 is 5.14. The van der Waals surface area contributed by atoms with Gasteiger partial charge in [0.25, 0.3) is 0 Å². The molecule has 1 aromatic rings. The molecule has 0 bridgehead atoms. The molecule has 0 aromatic heterocycles. The van der Waals surface area contributed by atoms with Crippen LogP contribution in [0.2, 0.25) is 0 Å². The van der Waals surface area contributed by atoms with Gasteiger partial charge in [-0.15, -0.1) is 0 Å². The first kappa shape index (κ1) is 8.30. The third-order valence-electron chi connectivity index (χ3n) is 2.40. The maximum Gasteiger partial charge on any atom is 0.311 e. The molecule has 1 atom stereocenters. The minimum absolute atomic E-state index is 0.120. The van der Waals surface area contributed by atoms with Crippen LogP contribution in [0.5, 0.6) is 5.75 Å². The van der Waals surface area contributed by atoms with Crippen molar-refractivity contribution in [3.8, 4) is 5.75 Å². The van der Waals surface area contributed by atoms with E-state index in [9.17, 15) is 4.79 Å². The Bertz CT molecular complexity index is 355. The summed E-state index contributed by atoms with van der Waals surface area (Å²) >= 11 is 0. The predicted octanol–water partition coefficient (Wildman–Crippen LogP) is 2.41. The van der Waals surface area contributed by atoms with Crippen LogP contribution in [0.15, 0.2) is 18.2 Å². The predicted molar refractivity (Wildman–Crippen MR) is 49.8 cm³/mol. The van der Waals surface area contributed by atoms with Gasteiger partial charge in [0.2, 0.25) is 0 Å². The molecule has 0 radical (unpaired) electrons.